The zero-order valence-corrected chi connectivity index (χ0v) is 24.0. The number of halogens is 3. The fraction of sp³-hybridized carbons (Fsp3) is 0.517. The summed E-state index contributed by atoms with van der Waals surface area (Å²) in [5.41, 5.74) is 4.20. The Bertz CT molecular complexity index is 1330. The van der Waals surface area contributed by atoms with Crippen LogP contribution in [0.4, 0.5) is 10.1 Å². The van der Waals surface area contributed by atoms with Crippen LogP contribution in [0, 0.1) is 17.3 Å². The number of primary amides is 1. The van der Waals surface area contributed by atoms with Crippen molar-refractivity contribution in [3.8, 4) is 0 Å². The molecule has 8 nitrogen and oxygen atoms in total. The van der Waals surface area contributed by atoms with Gasteiger partial charge in [0.2, 0.25) is 17.7 Å². The summed E-state index contributed by atoms with van der Waals surface area (Å²) in [6, 6.07) is 3.77. The van der Waals surface area contributed by atoms with Crippen molar-refractivity contribution in [3.05, 3.63) is 52.4 Å². The number of allylic oxidation sites excluding steroid dienone is 1. The highest BCUT2D eigenvalue weighted by molar-refractivity contribution is 6.31. The molecule has 0 aromatic heterocycles. The minimum Gasteiger partial charge on any atom is -0.369 e. The van der Waals surface area contributed by atoms with E-state index in [4.69, 9.17) is 28.9 Å². The summed E-state index contributed by atoms with van der Waals surface area (Å²) >= 11 is 12.0. The summed E-state index contributed by atoms with van der Waals surface area (Å²) in [4.78, 5) is 43.5. The molecule has 0 unspecified atom stereocenters. The number of fused-ring (bicyclic) bond motifs is 3. The van der Waals surface area contributed by atoms with Gasteiger partial charge in [-0.1, -0.05) is 49.7 Å². The lowest BCUT2D eigenvalue weighted by Gasteiger charge is -2.50. The van der Waals surface area contributed by atoms with Gasteiger partial charge in [0.15, 0.2) is 0 Å². The predicted molar refractivity (Wildman–Crippen MR) is 154 cm³/mol. The number of carbonyl (C=O) groups excluding carboxylic acids is 3. The third kappa shape index (κ3) is 4.65. The quantitative estimate of drug-likeness (QED) is 0.288. The summed E-state index contributed by atoms with van der Waals surface area (Å²) in [6.45, 7) is 7.84. The molecular formula is C29H34Cl2FN5O3. The number of rotatable bonds is 6. The number of carbonyl (C=O) groups is 3. The summed E-state index contributed by atoms with van der Waals surface area (Å²) in [5.74, 6) is -3.40. The number of anilines is 1. The number of nitrogens with two attached hydrogens (primary N) is 1. The topological polar surface area (TPSA) is 126 Å². The molecule has 3 atom stereocenters. The summed E-state index contributed by atoms with van der Waals surface area (Å²) in [5, 5.41) is 9.84. The Labute approximate surface area is 243 Å². The third-order valence-electron chi connectivity index (χ3n) is 9.37. The highest BCUT2D eigenvalue weighted by atomic mass is 35.5. The van der Waals surface area contributed by atoms with Crippen LogP contribution < -0.4 is 21.7 Å². The Hall–Kier alpha value is -2.75. The first-order valence-corrected chi connectivity index (χ1v) is 14.3. The molecule has 0 bridgehead atoms. The Balaban J connectivity index is 1.63. The van der Waals surface area contributed by atoms with Gasteiger partial charge in [-0.15, -0.1) is 0 Å². The van der Waals surface area contributed by atoms with E-state index in [-0.39, 0.29) is 28.4 Å². The van der Waals surface area contributed by atoms with E-state index in [9.17, 15) is 14.4 Å². The van der Waals surface area contributed by atoms with Gasteiger partial charge < -0.3 is 16.4 Å². The van der Waals surface area contributed by atoms with Gasteiger partial charge in [-0.3, -0.25) is 19.7 Å². The monoisotopic (exact) mass is 589 g/mol. The van der Waals surface area contributed by atoms with Crippen molar-refractivity contribution in [1.29, 1.82) is 0 Å². The first-order chi connectivity index (χ1) is 18.8. The van der Waals surface area contributed by atoms with Crippen LogP contribution in [0.3, 0.4) is 0 Å². The van der Waals surface area contributed by atoms with Crippen LogP contribution in [0.25, 0.3) is 0 Å². The number of hydrogen-bond donors (Lipinski definition) is 4. The average molecular weight is 591 g/mol. The lowest BCUT2D eigenvalue weighted by molar-refractivity contribution is -0.130. The van der Waals surface area contributed by atoms with Crippen LogP contribution in [0.2, 0.25) is 5.02 Å². The molecule has 214 valence electrons. The van der Waals surface area contributed by atoms with Crippen LogP contribution in [-0.4, -0.2) is 41.6 Å². The van der Waals surface area contributed by atoms with Gasteiger partial charge in [0.1, 0.15) is 16.4 Å². The predicted octanol–water partition coefficient (Wildman–Crippen LogP) is 4.47. The van der Waals surface area contributed by atoms with Gasteiger partial charge >= 0.3 is 0 Å². The lowest BCUT2D eigenvalue weighted by atomic mass is 9.54. The summed E-state index contributed by atoms with van der Waals surface area (Å²) in [6.07, 6.45) is 5.84. The maximum atomic E-state index is 16.5. The number of aliphatic imine (C=N–C) groups is 1. The zero-order valence-electron chi connectivity index (χ0n) is 22.5. The standard InChI is InChI=1S/C29H34Cl2FN5O3/c1-15(30)34-11-6-20(32)22-23(25(39)35-18-12-16(13-18)24(33)38)37-28(9-7-27(2,3)8-10-28)29(22)19-5-4-17(31)14-21(19)36-26(29)40/h4-6,11,14,16,18,22-23,37H,1,7-10,12-13H2,2-3H3,(H2,33,38)(H,35,39)(H,36,40)/b20-6-,34-11-/t16-,18-,22-,23+,29+/m0/s1. The molecule has 4 aliphatic rings. The van der Waals surface area contributed by atoms with Crippen LogP contribution in [0.5, 0.6) is 0 Å². The van der Waals surface area contributed by atoms with Gasteiger partial charge in [0.25, 0.3) is 0 Å². The molecule has 2 aliphatic carbocycles. The molecule has 2 saturated carbocycles. The number of nitrogens with zero attached hydrogens (tertiary/aromatic N) is 1. The van der Waals surface area contributed by atoms with Crippen molar-refractivity contribution >= 4 is 52.8 Å². The van der Waals surface area contributed by atoms with Crippen molar-refractivity contribution in [2.45, 2.75) is 75.4 Å². The fourth-order valence-electron chi connectivity index (χ4n) is 7.16. The maximum Gasteiger partial charge on any atom is 0.238 e. The molecular weight excluding hydrogens is 556 g/mol. The van der Waals surface area contributed by atoms with E-state index >= 15 is 4.39 Å². The molecule has 3 fully saturated rings. The molecule has 5 rings (SSSR count). The highest BCUT2D eigenvalue weighted by Gasteiger charge is 2.73. The molecule has 3 amide bonds. The molecule has 11 heteroatoms. The summed E-state index contributed by atoms with van der Waals surface area (Å²) < 4.78 is 16.5. The van der Waals surface area contributed by atoms with Crippen molar-refractivity contribution in [3.63, 3.8) is 0 Å². The molecule has 2 aliphatic heterocycles. The van der Waals surface area contributed by atoms with Crippen molar-refractivity contribution in [2.75, 3.05) is 5.32 Å². The molecule has 1 saturated heterocycles. The van der Waals surface area contributed by atoms with E-state index in [2.05, 4.69) is 41.4 Å². The number of nitrogens with one attached hydrogen (secondary N) is 3. The van der Waals surface area contributed by atoms with Crippen LogP contribution in [-0.2, 0) is 19.8 Å². The van der Waals surface area contributed by atoms with Crippen molar-refractivity contribution in [1.82, 2.24) is 10.6 Å². The second kappa shape index (κ2) is 10.3. The van der Waals surface area contributed by atoms with Gasteiger partial charge in [0.05, 0.1) is 12.0 Å². The highest BCUT2D eigenvalue weighted by Crippen LogP contribution is 2.62. The van der Waals surface area contributed by atoms with E-state index in [0.29, 0.717) is 42.0 Å². The van der Waals surface area contributed by atoms with Crippen LogP contribution in [0.1, 0.15) is 57.9 Å². The van der Waals surface area contributed by atoms with E-state index in [0.717, 1.165) is 18.9 Å². The SMILES string of the molecule is C=C(Cl)/N=C\C=C(/F)[C@H]1[C@H](C(=O)N[C@H]2C[C@H](C(N)=O)C2)NC2(CCC(C)(C)CC2)[C@@]12C(=O)Nc1cc(Cl)ccc12. The Morgan fingerprint density at radius 1 is 1.23 bits per heavy atom. The molecule has 40 heavy (non-hydrogen) atoms. The van der Waals surface area contributed by atoms with E-state index in [1.807, 2.05) is 0 Å². The number of benzene rings is 1. The maximum absolute atomic E-state index is 16.5. The molecule has 2 spiro atoms. The number of hydrogen-bond acceptors (Lipinski definition) is 5. The van der Waals surface area contributed by atoms with Gasteiger partial charge in [-0.2, -0.15) is 0 Å². The second-order valence-corrected chi connectivity index (χ2v) is 13.2. The molecule has 0 radical (unpaired) electrons. The smallest absolute Gasteiger partial charge is 0.238 e. The van der Waals surface area contributed by atoms with Crippen molar-refractivity contribution in [2.24, 2.45) is 28.0 Å². The third-order valence-corrected chi connectivity index (χ3v) is 9.70. The van der Waals surface area contributed by atoms with Gasteiger partial charge in [-0.25, -0.2) is 9.38 Å². The Morgan fingerprint density at radius 2 is 1.90 bits per heavy atom. The number of amides is 3. The van der Waals surface area contributed by atoms with Gasteiger partial charge in [0, 0.05) is 34.4 Å². The first kappa shape index (κ1) is 28.8. The lowest BCUT2D eigenvalue weighted by Crippen LogP contribution is -2.62. The summed E-state index contributed by atoms with van der Waals surface area (Å²) in [7, 11) is 0. The molecule has 2 heterocycles. The normalized spacial score (nSPS) is 32.1. The first-order valence-electron chi connectivity index (χ1n) is 13.5. The Kier molecular flexibility index (Phi) is 7.38. The fourth-order valence-corrected chi connectivity index (χ4v) is 7.39. The molecule has 1 aromatic rings. The minimum absolute atomic E-state index is 0.0271. The van der Waals surface area contributed by atoms with Gasteiger partial charge in [-0.05, 0) is 67.7 Å². The van der Waals surface area contributed by atoms with E-state index < -0.39 is 40.6 Å². The van der Waals surface area contributed by atoms with Crippen molar-refractivity contribution < 1.29 is 18.8 Å². The Morgan fingerprint density at radius 3 is 2.52 bits per heavy atom. The minimum atomic E-state index is -1.44. The van der Waals surface area contributed by atoms with E-state index in [1.54, 1.807) is 18.2 Å². The molecule has 1 aromatic carbocycles. The second-order valence-electron chi connectivity index (χ2n) is 12.3. The zero-order chi connectivity index (χ0) is 29.0. The van der Waals surface area contributed by atoms with E-state index in [1.165, 1.54) is 6.21 Å². The van der Waals surface area contributed by atoms with Crippen LogP contribution in [0.15, 0.2) is 46.8 Å². The molecule has 5 N–H and O–H groups in total. The average Bonchev–Trinajstić information content (AvgIpc) is 3.30. The van der Waals surface area contributed by atoms with Crippen LogP contribution >= 0.6 is 23.2 Å². The largest absolute Gasteiger partial charge is 0.369 e.